The van der Waals surface area contributed by atoms with Crippen molar-refractivity contribution >= 4 is 5.91 Å². The van der Waals surface area contributed by atoms with E-state index < -0.39 is 0 Å². The van der Waals surface area contributed by atoms with Crippen LogP contribution >= 0.6 is 0 Å². The number of hydrogen-bond acceptors (Lipinski definition) is 3. The molecule has 0 saturated carbocycles. The maximum atomic E-state index is 11.9. The van der Waals surface area contributed by atoms with Gasteiger partial charge in [0.05, 0.1) is 19.0 Å². The molecular weight excluding hydrogens is 254 g/mol. The van der Waals surface area contributed by atoms with E-state index in [9.17, 15) is 4.79 Å². The van der Waals surface area contributed by atoms with Gasteiger partial charge in [-0.3, -0.25) is 4.79 Å². The van der Waals surface area contributed by atoms with Gasteiger partial charge in [-0.2, -0.15) is 0 Å². The Bertz CT molecular complexity index is 554. The topological polar surface area (TPSA) is 47.4 Å². The van der Waals surface area contributed by atoms with Crippen LogP contribution < -0.4 is 0 Å². The van der Waals surface area contributed by atoms with Gasteiger partial charge in [0.15, 0.2) is 0 Å². The lowest BCUT2D eigenvalue weighted by molar-refractivity contribution is -0.150. The van der Waals surface area contributed by atoms with E-state index in [2.05, 4.69) is 4.98 Å². The smallest absolute Gasteiger partial charge is 0.248 e. The monoisotopic (exact) mass is 271 g/mol. The van der Waals surface area contributed by atoms with E-state index in [1.54, 1.807) is 12.5 Å². The molecule has 5 nitrogen and oxygen atoms in total. The maximum absolute atomic E-state index is 11.9. The minimum absolute atomic E-state index is 0.0191. The third kappa shape index (κ3) is 3.05. The molecular formula is C15H17N3O2. The molecule has 1 aliphatic heterocycles. The molecule has 2 heterocycles. The Hall–Kier alpha value is -2.14. The number of ether oxygens (including phenoxy) is 1. The number of carbonyl (C=O) groups is 1. The summed E-state index contributed by atoms with van der Waals surface area (Å²) < 4.78 is 7.57. The molecule has 0 unspecified atom stereocenters. The minimum atomic E-state index is 0.0191. The first-order valence-electron chi connectivity index (χ1n) is 6.70. The van der Waals surface area contributed by atoms with Crippen LogP contribution in [0.4, 0.5) is 0 Å². The molecule has 1 aromatic carbocycles. The number of rotatable bonds is 4. The lowest BCUT2D eigenvalue weighted by atomic mass is 10.2. The van der Waals surface area contributed by atoms with E-state index >= 15 is 0 Å². The van der Waals surface area contributed by atoms with Gasteiger partial charge in [-0.15, -0.1) is 0 Å². The minimum Gasteiger partial charge on any atom is -0.365 e. The van der Waals surface area contributed by atoms with Crippen LogP contribution in [0.3, 0.4) is 0 Å². The summed E-state index contributed by atoms with van der Waals surface area (Å²) >= 11 is 0. The highest BCUT2D eigenvalue weighted by molar-refractivity contribution is 5.78. The second-order valence-corrected chi connectivity index (χ2v) is 4.95. The molecule has 0 aliphatic carbocycles. The molecule has 1 fully saturated rings. The molecule has 0 bridgehead atoms. The summed E-state index contributed by atoms with van der Waals surface area (Å²) in [5.74, 6) is 0.0516. The van der Waals surface area contributed by atoms with Crippen molar-refractivity contribution in [3.63, 3.8) is 0 Å². The number of morpholine rings is 1. The van der Waals surface area contributed by atoms with Crippen LogP contribution in [0.5, 0.6) is 0 Å². The molecule has 104 valence electrons. The number of benzene rings is 1. The van der Waals surface area contributed by atoms with E-state index in [1.165, 1.54) is 0 Å². The molecule has 1 aliphatic rings. The third-order valence-electron chi connectivity index (χ3n) is 3.41. The summed E-state index contributed by atoms with van der Waals surface area (Å²) in [7, 11) is 0. The summed E-state index contributed by atoms with van der Waals surface area (Å²) in [6, 6.07) is 10.0. The fourth-order valence-corrected chi connectivity index (χ4v) is 2.38. The average molecular weight is 271 g/mol. The summed E-state index contributed by atoms with van der Waals surface area (Å²) in [4.78, 5) is 17.8. The highest BCUT2D eigenvalue weighted by atomic mass is 16.5. The lowest BCUT2D eigenvalue weighted by Crippen LogP contribution is -2.47. The highest BCUT2D eigenvalue weighted by Gasteiger charge is 2.26. The second kappa shape index (κ2) is 5.88. The average Bonchev–Trinajstić information content (AvgIpc) is 2.97. The molecule has 0 radical (unpaired) electrons. The Morgan fingerprint density at radius 3 is 2.90 bits per heavy atom. The number of hydrogen-bond donors (Lipinski definition) is 0. The molecule has 1 saturated heterocycles. The Kier molecular flexibility index (Phi) is 3.78. The van der Waals surface area contributed by atoms with Gasteiger partial charge in [-0.05, 0) is 5.56 Å². The van der Waals surface area contributed by atoms with Gasteiger partial charge in [-0.1, -0.05) is 30.3 Å². The second-order valence-electron chi connectivity index (χ2n) is 4.95. The van der Waals surface area contributed by atoms with Crippen molar-refractivity contribution in [1.82, 2.24) is 14.5 Å². The van der Waals surface area contributed by atoms with E-state index in [0.29, 0.717) is 13.1 Å². The Morgan fingerprint density at radius 1 is 1.30 bits per heavy atom. The van der Waals surface area contributed by atoms with E-state index in [4.69, 9.17) is 4.74 Å². The van der Waals surface area contributed by atoms with Crippen LogP contribution in [-0.2, 0) is 22.6 Å². The van der Waals surface area contributed by atoms with Crippen LogP contribution in [0.15, 0.2) is 49.1 Å². The highest BCUT2D eigenvalue weighted by Crippen LogP contribution is 2.12. The largest absolute Gasteiger partial charge is 0.365 e. The summed E-state index contributed by atoms with van der Waals surface area (Å²) in [5, 5.41) is 0. The van der Waals surface area contributed by atoms with Crippen molar-refractivity contribution in [2.24, 2.45) is 0 Å². The normalized spacial score (nSPS) is 19.3. The van der Waals surface area contributed by atoms with Gasteiger partial charge < -0.3 is 14.2 Å². The van der Waals surface area contributed by atoms with Crippen LogP contribution in [0.2, 0.25) is 0 Å². The third-order valence-corrected chi connectivity index (χ3v) is 3.41. The fraction of sp³-hybridized carbons (Fsp3) is 0.333. The molecule has 1 atom stereocenters. The zero-order valence-corrected chi connectivity index (χ0v) is 11.2. The van der Waals surface area contributed by atoms with Crippen LogP contribution in [0, 0.1) is 0 Å². The van der Waals surface area contributed by atoms with Crippen molar-refractivity contribution in [2.75, 3.05) is 13.2 Å². The van der Waals surface area contributed by atoms with Crippen LogP contribution in [-0.4, -0.2) is 39.6 Å². The first-order valence-corrected chi connectivity index (χ1v) is 6.70. The van der Waals surface area contributed by atoms with E-state index in [0.717, 1.165) is 12.1 Å². The first kappa shape index (κ1) is 12.9. The molecule has 3 rings (SSSR count). The number of carbonyl (C=O) groups excluding carboxylic acids is 1. The summed E-state index contributed by atoms with van der Waals surface area (Å²) in [6.07, 6.45) is 5.43. The number of nitrogens with zero attached hydrogens (tertiary/aromatic N) is 3. The molecule has 0 N–H and O–H groups in total. The maximum Gasteiger partial charge on any atom is 0.248 e. The SMILES string of the molecule is O=C1CO[C@H](Cn2ccnc2)CN1Cc1ccccc1. The molecule has 0 spiro atoms. The standard InChI is InChI=1S/C15H17N3O2/c19-15-11-20-14(9-17-7-6-16-12-17)10-18(15)8-13-4-2-1-3-5-13/h1-7,12,14H,8-11H2/t14-/m1/s1. The van der Waals surface area contributed by atoms with Crippen molar-refractivity contribution < 1.29 is 9.53 Å². The number of amides is 1. The Morgan fingerprint density at radius 2 is 2.15 bits per heavy atom. The van der Waals surface area contributed by atoms with Gasteiger partial charge in [0.2, 0.25) is 5.91 Å². The van der Waals surface area contributed by atoms with Gasteiger partial charge in [0.1, 0.15) is 6.61 Å². The molecule has 1 aromatic heterocycles. The van der Waals surface area contributed by atoms with Crippen molar-refractivity contribution in [3.8, 4) is 0 Å². The zero-order chi connectivity index (χ0) is 13.8. The predicted octanol–water partition coefficient (Wildman–Crippen LogP) is 1.31. The van der Waals surface area contributed by atoms with Crippen LogP contribution in [0.25, 0.3) is 0 Å². The quantitative estimate of drug-likeness (QED) is 0.842. The van der Waals surface area contributed by atoms with Crippen molar-refractivity contribution in [2.45, 2.75) is 19.2 Å². The van der Waals surface area contributed by atoms with Gasteiger partial charge >= 0.3 is 0 Å². The fourth-order valence-electron chi connectivity index (χ4n) is 2.38. The molecule has 20 heavy (non-hydrogen) atoms. The van der Waals surface area contributed by atoms with Gasteiger partial charge in [0.25, 0.3) is 0 Å². The Balaban J connectivity index is 1.63. The van der Waals surface area contributed by atoms with Crippen molar-refractivity contribution in [1.29, 1.82) is 0 Å². The van der Waals surface area contributed by atoms with Gasteiger partial charge in [0, 0.05) is 25.5 Å². The number of imidazole rings is 1. The molecule has 2 aromatic rings. The summed E-state index contributed by atoms with van der Waals surface area (Å²) in [5.41, 5.74) is 1.14. The molecule has 1 amide bonds. The van der Waals surface area contributed by atoms with Crippen molar-refractivity contribution in [3.05, 3.63) is 54.6 Å². The number of aromatic nitrogens is 2. The van der Waals surface area contributed by atoms with E-state index in [-0.39, 0.29) is 18.6 Å². The Labute approximate surface area is 117 Å². The zero-order valence-electron chi connectivity index (χ0n) is 11.2. The molecule has 5 heteroatoms. The summed E-state index contributed by atoms with van der Waals surface area (Å²) in [6.45, 7) is 2.14. The van der Waals surface area contributed by atoms with Crippen LogP contribution in [0.1, 0.15) is 5.56 Å². The first-order chi connectivity index (χ1) is 9.81. The lowest BCUT2D eigenvalue weighted by Gasteiger charge is -2.33. The van der Waals surface area contributed by atoms with E-state index in [1.807, 2.05) is 46.0 Å². The van der Waals surface area contributed by atoms with Gasteiger partial charge in [-0.25, -0.2) is 4.98 Å². The predicted molar refractivity (Wildman–Crippen MR) is 73.8 cm³/mol.